The standard InChI is InChI=1S/C25H30N2O4S/c1-19(29)9-10-20-11-13-21(14-12-20)25-23-17-26(15-5-6-16-27(23)24(25)18-28)32(30,31)22-7-3-2-4-8-22/h2-4,7-8,11-14,19,23-25,28-29H,5-6,15-18H2,1H3/t19-,23+,24-,25-/m0/s1. The van der Waals surface area contributed by atoms with Crippen molar-refractivity contribution in [2.75, 3.05) is 26.2 Å². The molecule has 0 amide bonds. The van der Waals surface area contributed by atoms with E-state index in [1.165, 1.54) is 0 Å². The van der Waals surface area contributed by atoms with Crippen molar-refractivity contribution in [1.29, 1.82) is 0 Å². The van der Waals surface area contributed by atoms with Crippen molar-refractivity contribution < 1.29 is 18.6 Å². The average molecular weight is 455 g/mol. The van der Waals surface area contributed by atoms with Crippen LogP contribution < -0.4 is 0 Å². The van der Waals surface area contributed by atoms with E-state index in [0.717, 1.165) is 30.5 Å². The van der Waals surface area contributed by atoms with Crippen molar-refractivity contribution in [2.24, 2.45) is 0 Å². The number of aliphatic hydroxyl groups is 2. The Morgan fingerprint density at radius 1 is 1.06 bits per heavy atom. The fourth-order valence-corrected chi connectivity index (χ4v) is 6.36. The molecule has 2 aliphatic rings. The second kappa shape index (κ2) is 9.74. The quantitative estimate of drug-likeness (QED) is 0.691. The Labute approximate surface area is 190 Å². The summed E-state index contributed by atoms with van der Waals surface area (Å²) in [4.78, 5) is 2.58. The highest BCUT2D eigenvalue weighted by Gasteiger charge is 2.50. The van der Waals surface area contributed by atoms with Gasteiger partial charge in [-0.2, -0.15) is 4.31 Å². The molecule has 4 rings (SSSR count). The van der Waals surface area contributed by atoms with Gasteiger partial charge in [0, 0.05) is 36.7 Å². The summed E-state index contributed by atoms with van der Waals surface area (Å²) in [5.74, 6) is 5.73. The van der Waals surface area contributed by atoms with Crippen molar-refractivity contribution in [3.8, 4) is 11.8 Å². The maximum Gasteiger partial charge on any atom is 0.243 e. The van der Waals surface area contributed by atoms with Crippen LogP contribution in [0.5, 0.6) is 0 Å². The molecule has 0 aromatic heterocycles. The summed E-state index contributed by atoms with van der Waals surface area (Å²) in [5, 5.41) is 19.5. The number of nitrogens with zero attached hydrogens (tertiary/aromatic N) is 2. The van der Waals surface area contributed by atoms with E-state index in [9.17, 15) is 18.6 Å². The maximum atomic E-state index is 13.3. The molecule has 0 aliphatic carbocycles. The van der Waals surface area contributed by atoms with Crippen LogP contribution in [0.2, 0.25) is 0 Å². The molecular formula is C25H30N2O4S. The van der Waals surface area contributed by atoms with E-state index in [2.05, 4.69) is 16.7 Å². The molecule has 2 heterocycles. The normalized spacial score (nSPS) is 25.4. The number of sulfonamides is 1. The largest absolute Gasteiger partial charge is 0.395 e. The summed E-state index contributed by atoms with van der Waals surface area (Å²) in [6.07, 6.45) is 1.02. The van der Waals surface area contributed by atoms with Crippen LogP contribution in [0.25, 0.3) is 0 Å². The molecule has 0 unspecified atom stereocenters. The van der Waals surface area contributed by atoms with Crippen molar-refractivity contribution >= 4 is 10.0 Å². The molecule has 0 radical (unpaired) electrons. The van der Waals surface area contributed by atoms with Crippen LogP contribution in [0.15, 0.2) is 59.5 Å². The van der Waals surface area contributed by atoms with Gasteiger partial charge >= 0.3 is 0 Å². The van der Waals surface area contributed by atoms with E-state index in [-0.39, 0.29) is 24.6 Å². The molecule has 7 heteroatoms. The molecule has 32 heavy (non-hydrogen) atoms. The minimum Gasteiger partial charge on any atom is -0.395 e. The predicted octanol–water partition coefficient (Wildman–Crippen LogP) is 2.03. The molecule has 2 saturated heterocycles. The smallest absolute Gasteiger partial charge is 0.243 e. The second-order valence-electron chi connectivity index (χ2n) is 8.53. The van der Waals surface area contributed by atoms with Gasteiger partial charge in [-0.05, 0) is 56.1 Å². The van der Waals surface area contributed by atoms with Crippen molar-refractivity contribution in [1.82, 2.24) is 9.21 Å². The monoisotopic (exact) mass is 454 g/mol. The van der Waals surface area contributed by atoms with E-state index in [4.69, 9.17) is 0 Å². The summed E-state index contributed by atoms with van der Waals surface area (Å²) >= 11 is 0. The lowest BCUT2D eigenvalue weighted by atomic mass is 9.74. The maximum absolute atomic E-state index is 13.3. The van der Waals surface area contributed by atoms with Crippen molar-refractivity contribution in [3.05, 3.63) is 65.7 Å². The Morgan fingerprint density at radius 3 is 2.41 bits per heavy atom. The highest BCUT2D eigenvalue weighted by Crippen LogP contribution is 2.42. The minimum atomic E-state index is -3.57. The lowest BCUT2D eigenvalue weighted by molar-refractivity contribution is -0.0553. The van der Waals surface area contributed by atoms with E-state index in [1.54, 1.807) is 35.5 Å². The summed E-state index contributed by atoms with van der Waals surface area (Å²) in [6, 6.07) is 16.5. The van der Waals surface area contributed by atoms with Crippen LogP contribution >= 0.6 is 0 Å². The first-order chi connectivity index (χ1) is 15.4. The Balaban J connectivity index is 1.60. The number of fused-ring (bicyclic) bond motifs is 1. The Morgan fingerprint density at radius 2 is 1.75 bits per heavy atom. The molecule has 2 aliphatic heterocycles. The molecule has 6 nitrogen and oxygen atoms in total. The molecular weight excluding hydrogens is 424 g/mol. The van der Waals surface area contributed by atoms with E-state index < -0.39 is 16.1 Å². The molecule has 0 spiro atoms. The Kier molecular flexibility index (Phi) is 6.99. The van der Waals surface area contributed by atoms with Crippen LogP contribution in [0.1, 0.15) is 36.8 Å². The Bertz CT molecular complexity index is 1070. The van der Waals surface area contributed by atoms with Crippen LogP contribution in [-0.4, -0.2) is 72.3 Å². The van der Waals surface area contributed by atoms with Gasteiger partial charge in [0.05, 0.1) is 11.5 Å². The summed E-state index contributed by atoms with van der Waals surface area (Å²) in [7, 11) is -3.57. The first kappa shape index (κ1) is 23.0. The van der Waals surface area contributed by atoms with E-state index in [1.807, 2.05) is 30.3 Å². The van der Waals surface area contributed by atoms with Crippen molar-refractivity contribution in [3.63, 3.8) is 0 Å². The molecule has 2 aromatic rings. The molecule has 2 aromatic carbocycles. The van der Waals surface area contributed by atoms with Crippen LogP contribution in [0.4, 0.5) is 0 Å². The van der Waals surface area contributed by atoms with E-state index >= 15 is 0 Å². The highest BCUT2D eigenvalue weighted by molar-refractivity contribution is 7.89. The van der Waals surface area contributed by atoms with Crippen LogP contribution in [0.3, 0.4) is 0 Å². The molecule has 0 bridgehead atoms. The van der Waals surface area contributed by atoms with E-state index in [0.29, 0.717) is 18.0 Å². The third-order valence-electron chi connectivity index (χ3n) is 6.43. The zero-order valence-corrected chi connectivity index (χ0v) is 19.1. The van der Waals surface area contributed by atoms with Gasteiger partial charge in [-0.1, -0.05) is 42.2 Å². The predicted molar refractivity (Wildman–Crippen MR) is 124 cm³/mol. The first-order valence-corrected chi connectivity index (χ1v) is 12.6. The number of hydrogen-bond acceptors (Lipinski definition) is 5. The summed E-state index contributed by atoms with van der Waals surface area (Å²) < 4.78 is 28.2. The lowest BCUT2D eigenvalue weighted by Crippen LogP contribution is -2.67. The fraction of sp³-hybridized carbons (Fsp3) is 0.440. The van der Waals surface area contributed by atoms with Gasteiger partial charge in [0.1, 0.15) is 6.10 Å². The Hall–Kier alpha value is -2.21. The third-order valence-corrected chi connectivity index (χ3v) is 8.31. The topological polar surface area (TPSA) is 81.1 Å². The van der Waals surface area contributed by atoms with Gasteiger partial charge in [0.2, 0.25) is 10.0 Å². The molecule has 170 valence electrons. The van der Waals surface area contributed by atoms with Gasteiger partial charge in [-0.15, -0.1) is 0 Å². The van der Waals surface area contributed by atoms with Gasteiger partial charge in [0.25, 0.3) is 0 Å². The molecule has 0 saturated carbocycles. The van der Waals surface area contributed by atoms with Crippen LogP contribution in [0, 0.1) is 11.8 Å². The molecule has 2 N–H and O–H groups in total. The number of aliphatic hydroxyl groups excluding tert-OH is 2. The second-order valence-corrected chi connectivity index (χ2v) is 10.5. The van der Waals surface area contributed by atoms with Gasteiger partial charge in [-0.25, -0.2) is 8.42 Å². The SMILES string of the molecule is C[C@H](O)C#Cc1ccc([C@H]2[C@H]3CN(S(=O)(=O)c4ccccc4)CCCCN3[C@H]2CO)cc1. The highest BCUT2D eigenvalue weighted by atomic mass is 32.2. The van der Waals surface area contributed by atoms with Crippen LogP contribution in [-0.2, 0) is 10.0 Å². The molecule has 2 fully saturated rings. The van der Waals surface area contributed by atoms with Crippen molar-refractivity contribution in [2.45, 2.75) is 48.8 Å². The molecule has 4 atom stereocenters. The van der Waals surface area contributed by atoms with Gasteiger partial charge < -0.3 is 10.2 Å². The minimum absolute atomic E-state index is 0.0142. The fourth-order valence-electron chi connectivity index (χ4n) is 4.85. The third kappa shape index (κ3) is 4.61. The number of benzene rings is 2. The van der Waals surface area contributed by atoms with Gasteiger partial charge in [-0.3, -0.25) is 4.90 Å². The zero-order valence-electron chi connectivity index (χ0n) is 18.3. The van der Waals surface area contributed by atoms with Gasteiger partial charge in [0.15, 0.2) is 0 Å². The zero-order chi connectivity index (χ0) is 22.7. The summed E-state index contributed by atoms with van der Waals surface area (Å²) in [6.45, 7) is 3.44. The average Bonchev–Trinajstić information content (AvgIpc) is 2.78. The summed E-state index contributed by atoms with van der Waals surface area (Å²) in [5.41, 5.74) is 1.89. The lowest BCUT2D eigenvalue weighted by Gasteiger charge is -2.57. The number of hydrogen-bond donors (Lipinski definition) is 2. The first-order valence-electron chi connectivity index (χ1n) is 11.1. The number of rotatable bonds is 4.